The van der Waals surface area contributed by atoms with E-state index >= 15 is 0 Å². The minimum Gasteiger partial charge on any atom is -0.338 e. The molecule has 1 aliphatic heterocycles. The lowest BCUT2D eigenvalue weighted by Crippen LogP contribution is -2.51. The van der Waals surface area contributed by atoms with Crippen LogP contribution in [0.2, 0.25) is 5.02 Å². The Morgan fingerprint density at radius 2 is 2.10 bits per heavy atom. The van der Waals surface area contributed by atoms with Gasteiger partial charge >= 0.3 is 0 Å². The fraction of sp³-hybridized carbons (Fsp3) is 0.308. The molecule has 5 nitrogen and oxygen atoms in total. The Bertz CT molecular complexity index is 581. The largest absolute Gasteiger partial charge is 0.338 e. The number of amides is 1. The van der Waals surface area contributed by atoms with E-state index in [1.165, 1.54) is 11.8 Å². The van der Waals surface area contributed by atoms with Gasteiger partial charge in [-0.1, -0.05) is 16.8 Å². The fourth-order valence-corrected chi connectivity index (χ4v) is 2.93. The fourth-order valence-electron chi connectivity index (χ4n) is 2.01. The highest BCUT2D eigenvalue weighted by atomic mass is 35.5. The molecule has 0 unspecified atom stereocenters. The molecule has 1 aromatic heterocycles. The zero-order chi connectivity index (χ0) is 13.9. The van der Waals surface area contributed by atoms with E-state index in [-0.39, 0.29) is 11.9 Å². The van der Waals surface area contributed by atoms with Gasteiger partial charge in [0.2, 0.25) is 5.91 Å². The number of halogens is 1. The van der Waals surface area contributed by atoms with Crippen molar-refractivity contribution in [1.82, 2.24) is 19.9 Å². The maximum atomic E-state index is 12.0. The average Bonchev–Trinajstić information content (AvgIpc) is 2.90. The van der Waals surface area contributed by atoms with Gasteiger partial charge in [0, 0.05) is 29.2 Å². The standard InChI is InChI=1S/C13H13ClN4OS/c14-10-1-3-12(4-2-10)20-9-13(19)17-7-11(8-17)18-6-5-15-16-18/h1-6,11H,7-9H2. The molecule has 1 aromatic carbocycles. The number of nitrogens with zero attached hydrogens (tertiary/aromatic N) is 4. The van der Waals surface area contributed by atoms with Gasteiger partial charge in [-0.3, -0.25) is 4.79 Å². The number of benzene rings is 1. The van der Waals surface area contributed by atoms with Gasteiger partial charge in [-0.15, -0.1) is 16.9 Å². The van der Waals surface area contributed by atoms with Gasteiger partial charge in [0.05, 0.1) is 18.0 Å². The van der Waals surface area contributed by atoms with Crippen LogP contribution in [0.25, 0.3) is 0 Å². The van der Waals surface area contributed by atoms with Crippen molar-refractivity contribution >= 4 is 29.3 Å². The van der Waals surface area contributed by atoms with Crippen LogP contribution in [-0.4, -0.2) is 44.6 Å². The SMILES string of the molecule is O=C(CSc1ccc(Cl)cc1)N1CC(n2ccnn2)C1. The van der Waals surface area contributed by atoms with E-state index < -0.39 is 0 Å². The summed E-state index contributed by atoms with van der Waals surface area (Å²) in [5.41, 5.74) is 0. The third-order valence-corrected chi connectivity index (χ3v) is 4.45. The van der Waals surface area contributed by atoms with Crippen molar-refractivity contribution in [2.75, 3.05) is 18.8 Å². The molecule has 0 radical (unpaired) electrons. The van der Waals surface area contributed by atoms with E-state index in [0.29, 0.717) is 23.9 Å². The van der Waals surface area contributed by atoms with Crippen LogP contribution < -0.4 is 0 Å². The number of hydrogen-bond acceptors (Lipinski definition) is 4. The summed E-state index contributed by atoms with van der Waals surface area (Å²) in [5.74, 6) is 0.604. The molecular weight excluding hydrogens is 296 g/mol. The molecule has 0 spiro atoms. The number of carbonyl (C=O) groups excluding carboxylic acids is 1. The molecule has 0 saturated carbocycles. The molecule has 1 saturated heterocycles. The van der Waals surface area contributed by atoms with Crippen LogP contribution in [0.1, 0.15) is 6.04 Å². The highest BCUT2D eigenvalue weighted by Gasteiger charge is 2.32. The van der Waals surface area contributed by atoms with Gasteiger partial charge in [-0.2, -0.15) is 0 Å². The van der Waals surface area contributed by atoms with Gasteiger partial charge < -0.3 is 4.90 Å². The summed E-state index contributed by atoms with van der Waals surface area (Å²) in [6.07, 6.45) is 3.48. The zero-order valence-electron chi connectivity index (χ0n) is 10.6. The van der Waals surface area contributed by atoms with Crippen LogP contribution in [0, 0.1) is 0 Å². The minimum atomic E-state index is 0.154. The van der Waals surface area contributed by atoms with Gasteiger partial charge in [0.25, 0.3) is 0 Å². The normalized spacial score (nSPS) is 15.2. The first-order chi connectivity index (χ1) is 9.72. The molecule has 3 rings (SSSR count). The van der Waals surface area contributed by atoms with E-state index in [1.54, 1.807) is 10.9 Å². The van der Waals surface area contributed by atoms with Gasteiger partial charge in [0.15, 0.2) is 0 Å². The first-order valence-electron chi connectivity index (χ1n) is 6.24. The minimum absolute atomic E-state index is 0.154. The highest BCUT2D eigenvalue weighted by molar-refractivity contribution is 8.00. The summed E-state index contributed by atoms with van der Waals surface area (Å²) in [5, 5.41) is 8.43. The smallest absolute Gasteiger partial charge is 0.233 e. The number of carbonyl (C=O) groups is 1. The molecule has 2 heterocycles. The van der Waals surface area contributed by atoms with Crippen LogP contribution in [0.3, 0.4) is 0 Å². The summed E-state index contributed by atoms with van der Waals surface area (Å²) in [6.45, 7) is 1.42. The quantitative estimate of drug-likeness (QED) is 0.812. The van der Waals surface area contributed by atoms with Crippen LogP contribution in [0.4, 0.5) is 0 Å². The van der Waals surface area contributed by atoms with Gasteiger partial charge in [0.1, 0.15) is 0 Å². The third-order valence-electron chi connectivity index (χ3n) is 3.21. The first-order valence-corrected chi connectivity index (χ1v) is 7.60. The Labute approximate surface area is 125 Å². The van der Waals surface area contributed by atoms with Crippen molar-refractivity contribution in [2.24, 2.45) is 0 Å². The van der Waals surface area contributed by atoms with Crippen molar-refractivity contribution in [3.05, 3.63) is 41.7 Å². The monoisotopic (exact) mass is 308 g/mol. The van der Waals surface area contributed by atoms with E-state index in [9.17, 15) is 4.79 Å². The Balaban J connectivity index is 1.46. The van der Waals surface area contributed by atoms with Crippen LogP contribution >= 0.6 is 23.4 Å². The molecule has 0 N–H and O–H groups in total. The second kappa shape index (κ2) is 5.85. The molecule has 7 heteroatoms. The van der Waals surface area contributed by atoms with E-state index in [4.69, 9.17) is 11.6 Å². The Kier molecular flexibility index (Phi) is 3.93. The van der Waals surface area contributed by atoms with Gasteiger partial charge in [-0.25, -0.2) is 4.68 Å². The van der Waals surface area contributed by atoms with Crippen molar-refractivity contribution in [2.45, 2.75) is 10.9 Å². The summed E-state index contributed by atoms with van der Waals surface area (Å²) in [6, 6.07) is 7.78. The number of aromatic nitrogens is 3. The molecular formula is C13H13ClN4OS. The van der Waals surface area contributed by atoms with Crippen LogP contribution in [0.5, 0.6) is 0 Å². The molecule has 2 aromatic rings. The van der Waals surface area contributed by atoms with Crippen molar-refractivity contribution in [3.63, 3.8) is 0 Å². The maximum absolute atomic E-state index is 12.0. The second-order valence-corrected chi connectivity index (χ2v) is 6.06. The molecule has 1 amide bonds. The van der Waals surface area contributed by atoms with Crippen molar-refractivity contribution in [3.8, 4) is 0 Å². The summed E-state index contributed by atoms with van der Waals surface area (Å²) in [7, 11) is 0. The molecule has 1 aliphatic rings. The number of hydrogen-bond donors (Lipinski definition) is 0. The molecule has 1 fully saturated rings. The lowest BCUT2D eigenvalue weighted by atomic mass is 10.1. The molecule has 20 heavy (non-hydrogen) atoms. The number of likely N-dealkylation sites (tertiary alicyclic amines) is 1. The topological polar surface area (TPSA) is 51.0 Å². The summed E-state index contributed by atoms with van der Waals surface area (Å²) >= 11 is 7.35. The highest BCUT2D eigenvalue weighted by Crippen LogP contribution is 2.24. The summed E-state index contributed by atoms with van der Waals surface area (Å²) < 4.78 is 1.80. The molecule has 104 valence electrons. The molecule has 0 bridgehead atoms. The Morgan fingerprint density at radius 1 is 1.35 bits per heavy atom. The molecule has 0 atom stereocenters. The van der Waals surface area contributed by atoms with E-state index in [0.717, 1.165) is 4.90 Å². The van der Waals surface area contributed by atoms with Crippen LogP contribution in [-0.2, 0) is 4.79 Å². The zero-order valence-corrected chi connectivity index (χ0v) is 12.2. The third kappa shape index (κ3) is 2.96. The Morgan fingerprint density at radius 3 is 2.75 bits per heavy atom. The lowest BCUT2D eigenvalue weighted by Gasteiger charge is -2.38. The Hall–Kier alpha value is -1.53. The van der Waals surface area contributed by atoms with Gasteiger partial charge in [-0.05, 0) is 24.3 Å². The lowest BCUT2D eigenvalue weighted by molar-refractivity contribution is -0.134. The molecule has 0 aliphatic carbocycles. The van der Waals surface area contributed by atoms with Crippen LogP contribution in [0.15, 0.2) is 41.6 Å². The maximum Gasteiger partial charge on any atom is 0.233 e. The number of rotatable bonds is 4. The number of thioether (sulfide) groups is 1. The predicted molar refractivity (Wildman–Crippen MR) is 77.8 cm³/mol. The summed E-state index contributed by atoms with van der Waals surface area (Å²) in [4.78, 5) is 14.9. The first kappa shape index (κ1) is 13.5. The average molecular weight is 309 g/mol. The predicted octanol–water partition coefficient (Wildman–Crippen LogP) is 2.11. The van der Waals surface area contributed by atoms with Crippen molar-refractivity contribution < 1.29 is 4.79 Å². The van der Waals surface area contributed by atoms with Crippen molar-refractivity contribution in [1.29, 1.82) is 0 Å². The van der Waals surface area contributed by atoms with E-state index in [2.05, 4.69) is 10.3 Å². The van der Waals surface area contributed by atoms with E-state index in [1.807, 2.05) is 35.4 Å². The second-order valence-electron chi connectivity index (χ2n) is 4.58.